The van der Waals surface area contributed by atoms with E-state index in [2.05, 4.69) is 68.3 Å². The molecule has 0 amide bonds. The minimum absolute atomic E-state index is 0. The van der Waals surface area contributed by atoms with Gasteiger partial charge < -0.3 is 49.8 Å². The zero-order valence-electron chi connectivity index (χ0n) is 65.1. The number of nitrogens with two attached hydrogens (primary N) is 1. The first-order valence-electron chi connectivity index (χ1n) is 35.5. The number of aromatic nitrogens is 5. The van der Waals surface area contributed by atoms with E-state index in [0.717, 1.165) is 86.6 Å². The van der Waals surface area contributed by atoms with Crippen molar-refractivity contribution >= 4 is 63.9 Å². The number of aryl methyl sites for hydroxylation is 8. The fourth-order valence-electron chi connectivity index (χ4n) is 13.6. The standard InChI is InChI=1S/C27H34N2O3.C23H28N2O3.C17H16FNO3.C17H18N2O3.HNO2.Na/c1-17-11-13-19(14-12-17)23-21-15-16-29(20-9-7-6-8-10-20)25(21)28-18(2)22(23)24(26(30)31)32-27(3,4)5;1-14-10-12-17(13-11-14)21-19(23(27)28-4)15(2)24-22(20(21)16(3)26)25-18-8-6-5-7-9-18;2*1-9-5-7-12(8-6-9)15-13(17(21)22-4)10(2)19-16(18)14(15)11(3)20;2-1-3;/h11-16,20,24H,6-10H2,1-5H3,(H,30,31);10-13,18H,5-9H2,1-4H3,(H,24,25);5-8H,1-4H3;5-8H,1-4H3,(H2,18,19);(H,2,3);/q;;;;;+1/p-1. The number of ether oxygens (including phenoxy) is 4. The van der Waals surface area contributed by atoms with E-state index in [9.17, 15) is 43.1 Å². The van der Waals surface area contributed by atoms with Crippen LogP contribution in [0.15, 0.2) is 115 Å². The molecule has 0 spiro atoms. The molecular formula is C84H96FN8NaO14. The molecule has 1 unspecified atom stereocenters. The number of pyridine rings is 4. The van der Waals surface area contributed by atoms with Gasteiger partial charge in [-0.25, -0.2) is 39.1 Å². The van der Waals surface area contributed by atoms with Gasteiger partial charge in [0.1, 0.15) is 17.3 Å². The van der Waals surface area contributed by atoms with Crippen LogP contribution in [0.4, 0.5) is 16.0 Å². The SMILES string of the molecule is COC(=O)c1c(C)nc(F)c(C(C)=O)c1-c1ccc(C)cc1.COC(=O)c1c(C)nc(N)c(C(C)=O)c1-c1ccc(C)cc1.COC(=O)c1c(C)nc(NC2CCCCC2)c(C(C)=O)c1-c1ccc(C)cc1.Cc1ccc(-c2c(C(OC(C)(C)C)C(=O)O)c(C)nc3c2ccn3C2CCCCC2)cc1.O=N[O-].[Na+]. The van der Waals surface area contributed by atoms with Crippen LogP contribution in [-0.4, -0.2) is 104 Å². The summed E-state index contributed by atoms with van der Waals surface area (Å²) < 4.78 is 37.2. The van der Waals surface area contributed by atoms with Crippen molar-refractivity contribution in [3.63, 3.8) is 0 Å². The molecule has 11 rings (SSSR count). The number of methoxy groups -OCH3 is 3. The van der Waals surface area contributed by atoms with Gasteiger partial charge in [0, 0.05) is 57.2 Å². The number of rotatable bonds is 16. The Balaban J connectivity index is 0.000000224. The second-order valence-corrected chi connectivity index (χ2v) is 27.8. The molecule has 5 aromatic heterocycles. The summed E-state index contributed by atoms with van der Waals surface area (Å²) in [6.07, 6.45) is 12.9. The maximum Gasteiger partial charge on any atom is 1.00 e. The molecular weight excluding hydrogens is 1390 g/mol. The second-order valence-electron chi connectivity index (χ2n) is 27.8. The number of halogens is 1. The van der Waals surface area contributed by atoms with Crippen LogP contribution in [0.1, 0.15) is 231 Å². The third-order valence-electron chi connectivity index (χ3n) is 18.7. The first-order chi connectivity index (χ1) is 50.7. The smallest absolute Gasteiger partial charge is 0.479 e. The van der Waals surface area contributed by atoms with Crippen LogP contribution in [0.25, 0.3) is 55.5 Å². The van der Waals surface area contributed by atoms with Gasteiger partial charge in [-0.1, -0.05) is 158 Å². The summed E-state index contributed by atoms with van der Waals surface area (Å²) in [4.78, 5) is 111. The van der Waals surface area contributed by atoms with E-state index in [4.69, 9.17) is 39.8 Å². The summed E-state index contributed by atoms with van der Waals surface area (Å²) >= 11 is 0. The van der Waals surface area contributed by atoms with E-state index in [1.807, 2.05) is 109 Å². The first kappa shape index (κ1) is 86.7. The van der Waals surface area contributed by atoms with Gasteiger partial charge in [0.05, 0.1) is 77.4 Å². The van der Waals surface area contributed by atoms with Crippen molar-refractivity contribution in [2.45, 2.75) is 185 Å². The first-order valence-corrected chi connectivity index (χ1v) is 35.5. The van der Waals surface area contributed by atoms with Gasteiger partial charge in [-0.15, -0.1) is 5.34 Å². The largest absolute Gasteiger partial charge is 1.00 e. The van der Waals surface area contributed by atoms with Crippen LogP contribution in [0.5, 0.6) is 0 Å². The number of hydrogen-bond acceptors (Lipinski definition) is 20. The van der Waals surface area contributed by atoms with Gasteiger partial charge in [0.2, 0.25) is 5.95 Å². The fraction of sp³-hybridized carbons (Fsp3) is 0.369. The van der Waals surface area contributed by atoms with E-state index < -0.39 is 47.3 Å². The molecule has 0 radical (unpaired) electrons. The average molecular weight is 1480 g/mol. The molecule has 0 saturated heterocycles. The molecule has 5 heterocycles. The summed E-state index contributed by atoms with van der Waals surface area (Å²) in [6.45, 7) is 24.6. The number of carbonyl (C=O) groups is 7. The molecule has 4 N–H and O–H groups in total. The Kier molecular flexibility index (Phi) is 31.4. The maximum absolute atomic E-state index is 14.2. The number of ketones is 3. The van der Waals surface area contributed by atoms with Gasteiger partial charge in [-0.3, -0.25) is 14.4 Å². The zero-order chi connectivity index (χ0) is 78.9. The number of carboxylic acids is 1. The van der Waals surface area contributed by atoms with Crippen molar-refractivity contribution in [1.82, 2.24) is 24.5 Å². The fourth-order valence-corrected chi connectivity index (χ4v) is 13.6. The van der Waals surface area contributed by atoms with Crippen LogP contribution < -0.4 is 40.6 Å². The summed E-state index contributed by atoms with van der Waals surface area (Å²) in [7, 11) is 3.88. The monoisotopic (exact) mass is 1480 g/mol. The Morgan fingerprint density at radius 2 is 0.889 bits per heavy atom. The molecule has 2 aliphatic carbocycles. The Morgan fingerprint density at radius 3 is 1.27 bits per heavy atom. The van der Waals surface area contributed by atoms with Gasteiger partial charge in [0.15, 0.2) is 23.5 Å². The van der Waals surface area contributed by atoms with Crippen LogP contribution >= 0.6 is 0 Å². The number of carbonyl (C=O) groups excluding carboxylic acids is 6. The van der Waals surface area contributed by atoms with Gasteiger partial charge in [-0.2, -0.15) is 4.39 Å². The van der Waals surface area contributed by atoms with Crippen molar-refractivity contribution in [2.24, 2.45) is 5.34 Å². The Hall–Kier alpha value is -10.2. The number of hydrogen-bond donors (Lipinski definition) is 3. The molecule has 1 atom stereocenters. The summed E-state index contributed by atoms with van der Waals surface area (Å²) in [5.74, 6) is -3.72. The Labute approximate surface area is 652 Å². The number of benzene rings is 4. The van der Waals surface area contributed by atoms with Gasteiger partial charge in [0.25, 0.3) is 0 Å². The summed E-state index contributed by atoms with van der Waals surface area (Å²) in [6, 6.07) is 33.6. The number of nitrogens with one attached hydrogen (secondary N) is 1. The molecule has 9 aromatic rings. The average Bonchev–Trinajstić information content (AvgIpc) is 1.47. The van der Waals surface area contributed by atoms with Crippen molar-refractivity contribution in [1.29, 1.82) is 0 Å². The van der Waals surface area contributed by atoms with Crippen LogP contribution in [0.3, 0.4) is 0 Å². The van der Waals surface area contributed by atoms with E-state index in [0.29, 0.717) is 68.4 Å². The summed E-state index contributed by atoms with van der Waals surface area (Å²) in [5.41, 5.74) is 19.7. The Morgan fingerprint density at radius 1 is 0.528 bits per heavy atom. The van der Waals surface area contributed by atoms with Gasteiger partial charge >= 0.3 is 53.4 Å². The van der Waals surface area contributed by atoms with E-state index in [-0.39, 0.29) is 80.5 Å². The number of fused-ring (bicyclic) bond motifs is 1. The van der Waals surface area contributed by atoms with Crippen LogP contribution in [0.2, 0.25) is 0 Å². The minimum Gasteiger partial charge on any atom is -0.479 e. The van der Waals surface area contributed by atoms with E-state index in [1.54, 1.807) is 26.0 Å². The van der Waals surface area contributed by atoms with Crippen LogP contribution in [-0.2, 0) is 23.7 Å². The quantitative estimate of drug-likeness (QED) is 0.0154. The molecule has 4 aromatic carbocycles. The predicted molar refractivity (Wildman–Crippen MR) is 413 cm³/mol. The van der Waals surface area contributed by atoms with Gasteiger partial charge in [-0.05, 0) is 151 Å². The number of esters is 3. The van der Waals surface area contributed by atoms with Crippen LogP contribution in [0, 0.1) is 71.5 Å². The molecule has 0 aliphatic heterocycles. The van der Waals surface area contributed by atoms with E-state index in [1.165, 1.54) is 87.5 Å². The molecule has 22 nitrogen and oxygen atoms in total. The minimum atomic E-state index is -1.10. The number of carboxylic acid groups (broad SMARTS) is 1. The maximum atomic E-state index is 14.2. The molecule has 108 heavy (non-hydrogen) atoms. The van der Waals surface area contributed by atoms with E-state index >= 15 is 0 Å². The molecule has 2 aliphatic rings. The molecule has 2 fully saturated rings. The summed E-state index contributed by atoms with van der Waals surface area (Å²) in [5, 5.41) is 23.6. The third kappa shape index (κ3) is 21.1. The number of nitrogen functional groups attached to an aromatic ring is 1. The molecule has 24 heteroatoms. The van der Waals surface area contributed by atoms with Crippen molar-refractivity contribution in [2.75, 3.05) is 32.4 Å². The van der Waals surface area contributed by atoms with Crippen molar-refractivity contribution in [3.8, 4) is 44.5 Å². The normalized spacial score (nSPS) is 13.0. The predicted octanol–water partition coefficient (Wildman–Crippen LogP) is 15.6. The molecule has 2 saturated carbocycles. The number of Topliss-reactive ketones (excluding diaryl/α,β-unsaturated/α-hetero) is 3. The van der Waals surface area contributed by atoms with Crippen molar-refractivity contribution in [3.05, 3.63) is 209 Å². The third-order valence-corrected chi connectivity index (χ3v) is 18.7. The number of aliphatic carboxylic acids is 1. The van der Waals surface area contributed by atoms with Crippen molar-refractivity contribution < 1.29 is 91.6 Å². The zero-order valence-corrected chi connectivity index (χ0v) is 67.1. The molecule has 0 bridgehead atoms. The topological polar surface area (TPSA) is 324 Å². The number of nitrogens with zero attached hydrogens (tertiary/aromatic N) is 6. The Bertz CT molecular complexity index is 4620. The molecule has 564 valence electrons. The number of anilines is 2. The second kappa shape index (κ2) is 39.1.